The summed E-state index contributed by atoms with van der Waals surface area (Å²) < 4.78 is 25.7. The Bertz CT molecular complexity index is 1260. The van der Waals surface area contributed by atoms with E-state index in [-0.39, 0.29) is 16.3 Å². The predicted octanol–water partition coefficient (Wildman–Crippen LogP) is 1.82. The minimum atomic E-state index is -3.98. The molecule has 1 amide bonds. The maximum atomic E-state index is 11.9. The van der Waals surface area contributed by atoms with E-state index in [4.69, 9.17) is 22.5 Å². The molecule has 2 aromatic carbocycles. The van der Waals surface area contributed by atoms with Gasteiger partial charge in [-0.3, -0.25) is 14.4 Å². The lowest BCUT2D eigenvalue weighted by Crippen LogP contribution is -2.24. The number of benzene rings is 2. The number of hydrogen-bond donors (Lipinski definition) is 2. The van der Waals surface area contributed by atoms with Crippen LogP contribution in [0, 0.1) is 0 Å². The zero-order valence-electron chi connectivity index (χ0n) is 14.7. The molecule has 9 heteroatoms. The summed E-state index contributed by atoms with van der Waals surface area (Å²) in [6.07, 6.45) is 0.773. The summed E-state index contributed by atoms with van der Waals surface area (Å²) in [7, 11) is -3.98. The van der Waals surface area contributed by atoms with Gasteiger partial charge in [-0.25, -0.2) is 13.6 Å². The number of nitrogens with zero attached hydrogens (tertiary/aromatic N) is 2. The molecule has 3 aromatic rings. The fourth-order valence-electron chi connectivity index (χ4n) is 3.66. The van der Waals surface area contributed by atoms with E-state index in [0.29, 0.717) is 24.4 Å². The van der Waals surface area contributed by atoms with E-state index in [1.807, 2.05) is 28.8 Å². The van der Waals surface area contributed by atoms with E-state index in [9.17, 15) is 13.2 Å². The fraction of sp³-hybridized carbons (Fsp3) is 0.158. The van der Waals surface area contributed by atoms with Gasteiger partial charge in [-0.1, -0.05) is 29.8 Å². The summed E-state index contributed by atoms with van der Waals surface area (Å²) in [5.74, 6) is 0.168. The second kappa shape index (κ2) is 6.73. The van der Waals surface area contributed by atoms with Gasteiger partial charge in [0.05, 0.1) is 17.0 Å². The van der Waals surface area contributed by atoms with Crippen molar-refractivity contribution in [2.24, 2.45) is 15.9 Å². The molecule has 0 aliphatic carbocycles. The number of rotatable bonds is 4. The minimum absolute atomic E-state index is 0.0506. The number of primary amides is 1. The van der Waals surface area contributed by atoms with E-state index < -0.39 is 15.9 Å². The predicted molar refractivity (Wildman–Crippen MR) is 108 cm³/mol. The van der Waals surface area contributed by atoms with Gasteiger partial charge in [-0.15, -0.1) is 0 Å². The number of fused-ring (bicyclic) bond motifs is 3. The van der Waals surface area contributed by atoms with E-state index in [1.54, 1.807) is 6.07 Å². The van der Waals surface area contributed by atoms with E-state index in [1.165, 1.54) is 12.1 Å². The molecule has 0 saturated carbocycles. The number of sulfonamides is 1. The smallest absolute Gasteiger partial charge is 0.239 e. The molecule has 0 bridgehead atoms. The molecule has 0 unspecified atom stereocenters. The third-order valence-electron chi connectivity index (χ3n) is 4.76. The number of primary sulfonamides is 1. The summed E-state index contributed by atoms with van der Waals surface area (Å²) in [6, 6.07) is 12.3. The molecule has 4 N–H and O–H groups in total. The standard InChI is InChI=1S/C19H17ClN4O3S/c20-14-6-5-11(9-17(14)28(22,26)27)19-23-8-7-16-13(10-18(21)25)12-3-1-2-4-15(12)24(16)19/h1-6,9H,7-8,10H2,(H2,21,25)(H2,22,26,27). The molecule has 0 radical (unpaired) electrons. The van der Waals surface area contributed by atoms with Crippen LogP contribution in [0.15, 0.2) is 52.4 Å². The van der Waals surface area contributed by atoms with Crippen LogP contribution < -0.4 is 10.9 Å². The van der Waals surface area contributed by atoms with E-state index in [2.05, 4.69) is 4.99 Å². The van der Waals surface area contributed by atoms with Gasteiger partial charge in [0.25, 0.3) is 0 Å². The summed E-state index contributed by atoms with van der Waals surface area (Å²) in [5, 5.41) is 6.26. The van der Waals surface area contributed by atoms with Crippen LogP contribution in [-0.2, 0) is 27.7 Å². The average Bonchev–Trinajstić information content (AvgIpc) is 2.95. The number of carbonyl (C=O) groups excluding carboxylic acids is 1. The zero-order valence-corrected chi connectivity index (χ0v) is 16.3. The van der Waals surface area contributed by atoms with Crippen LogP contribution in [0.2, 0.25) is 5.02 Å². The molecular weight excluding hydrogens is 400 g/mol. The maximum absolute atomic E-state index is 11.9. The Morgan fingerprint density at radius 2 is 1.96 bits per heavy atom. The molecule has 144 valence electrons. The highest BCUT2D eigenvalue weighted by atomic mass is 35.5. The first kappa shape index (κ1) is 18.7. The molecule has 1 aliphatic rings. The number of aromatic nitrogens is 1. The van der Waals surface area contributed by atoms with Gasteiger partial charge in [-0.2, -0.15) is 0 Å². The maximum Gasteiger partial charge on any atom is 0.239 e. The molecule has 1 aliphatic heterocycles. The molecule has 1 aromatic heterocycles. The SMILES string of the molecule is NC(=O)Cc1c2n(c3ccccc13)C(c1ccc(Cl)c(S(N)(=O)=O)c1)=NCC2. The van der Waals surface area contributed by atoms with Gasteiger partial charge >= 0.3 is 0 Å². The molecule has 2 heterocycles. The van der Waals surface area contributed by atoms with Gasteiger partial charge in [0.15, 0.2) is 0 Å². The van der Waals surface area contributed by atoms with E-state index >= 15 is 0 Å². The van der Waals surface area contributed by atoms with Crippen molar-refractivity contribution in [3.05, 3.63) is 64.3 Å². The molecule has 4 rings (SSSR count). The van der Waals surface area contributed by atoms with Gasteiger partial charge in [0.2, 0.25) is 15.9 Å². The number of hydrogen-bond acceptors (Lipinski definition) is 4. The van der Waals surface area contributed by atoms with Crippen molar-refractivity contribution in [3.8, 4) is 0 Å². The topological polar surface area (TPSA) is 121 Å². The molecule has 28 heavy (non-hydrogen) atoms. The van der Waals surface area contributed by atoms with Gasteiger partial charge in [0.1, 0.15) is 10.7 Å². The van der Waals surface area contributed by atoms with Crippen molar-refractivity contribution in [1.29, 1.82) is 0 Å². The first-order valence-electron chi connectivity index (χ1n) is 8.54. The molecule has 0 saturated heterocycles. The Morgan fingerprint density at radius 3 is 2.68 bits per heavy atom. The quantitative estimate of drug-likeness (QED) is 0.674. The number of nitrogens with two attached hydrogens (primary N) is 2. The number of halogens is 1. The third kappa shape index (κ3) is 3.09. The highest BCUT2D eigenvalue weighted by Crippen LogP contribution is 2.31. The lowest BCUT2D eigenvalue weighted by Gasteiger charge is -2.19. The Kier molecular flexibility index (Phi) is 4.49. The molecule has 0 fully saturated rings. The number of carbonyl (C=O) groups is 1. The largest absolute Gasteiger partial charge is 0.369 e. The van der Waals surface area contributed by atoms with E-state index in [0.717, 1.165) is 22.2 Å². The monoisotopic (exact) mass is 416 g/mol. The highest BCUT2D eigenvalue weighted by molar-refractivity contribution is 7.89. The Hall–Kier alpha value is -2.68. The van der Waals surface area contributed by atoms with Gasteiger partial charge < -0.3 is 5.73 Å². The summed E-state index contributed by atoms with van der Waals surface area (Å²) in [5.41, 5.74) is 8.72. The average molecular weight is 417 g/mol. The Morgan fingerprint density at radius 1 is 1.21 bits per heavy atom. The zero-order chi connectivity index (χ0) is 20.1. The highest BCUT2D eigenvalue weighted by Gasteiger charge is 2.25. The summed E-state index contributed by atoms with van der Waals surface area (Å²) >= 11 is 6.02. The lowest BCUT2D eigenvalue weighted by atomic mass is 10.0. The number of para-hydroxylation sites is 1. The van der Waals surface area contributed by atoms with Gasteiger partial charge in [-0.05, 0) is 29.8 Å². The first-order valence-corrected chi connectivity index (χ1v) is 10.5. The van der Waals surface area contributed by atoms with Crippen LogP contribution in [0.25, 0.3) is 10.9 Å². The molecule has 0 spiro atoms. The van der Waals surface area contributed by atoms with Crippen LogP contribution in [0.1, 0.15) is 16.8 Å². The van der Waals surface area contributed by atoms with Crippen LogP contribution in [0.5, 0.6) is 0 Å². The second-order valence-corrected chi connectivity index (χ2v) is 8.50. The fourth-order valence-corrected chi connectivity index (χ4v) is 4.73. The second-order valence-electron chi connectivity index (χ2n) is 6.57. The van der Waals surface area contributed by atoms with Crippen LogP contribution >= 0.6 is 11.6 Å². The number of aliphatic imine (C=N–C) groups is 1. The van der Waals surface area contributed by atoms with Crippen molar-refractivity contribution in [2.75, 3.05) is 6.54 Å². The molecule has 7 nitrogen and oxygen atoms in total. The first-order chi connectivity index (χ1) is 13.3. The van der Waals surface area contributed by atoms with Gasteiger partial charge in [0, 0.05) is 29.6 Å². The number of amides is 1. The van der Waals surface area contributed by atoms with Crippen molar-refractivity contribution in [1.82, 2.24) is 4.57 Å². The Labute approximate surface area is 166 Å². The van der Waals surface area contributed by atoms with Crippen LogP contribution in [0.3, 0.4) is 0 Å². The third-order valence-corrected chi connectivity index (χ3v) is 6.15. The van der Waals surface area contributed by atoms with Crippen molar-refractivity contribution < 1.29 is 13.2 Å². The molecule has 0 atom stereocenters. The lowest BCUT2D eigenvalue weighted by molar-refractivity contribution is -0.117. The molecular formula is C19H17ClN4O3S. The van der Waals surface area contributed by atoms with Crippen LogP contribution in [-0.4, -0.2) is 31.3 Å². The summed E-state index contributed by atoms with van der Waals surface area (Å²) in [4.78, 5) is 16.1. The summed E-state index contributed by atoms with van der Waals surface area (Å²) in [6.45, 7) is 0.505. The minimum Gasteiger partial charge on any atom is -0.369 e. The van der Waals surface area contributed by atoms with Crippen molar-refractivity contribution in [2.45, 2.75) is 17.7 Å². The van der Waals surface area contributed by atoms with Crippen molar-refractivity contribution in [3.63, 3.8) is 0 Å². The van der Waals surface area contributed by atoms with Crippen LogP contribution in [0.4, 0.5) is 0 Å². The van der Waals surface area contributed by atoms with Crippen molar-refractivity contribution >= 4 is 44.3 Å². The Balaban J connectivity index is 1.98. The normalized spacial score (nSPS) is 14.0.